The number of hydrogen-bond donors (Lipinski definition) is 1. The van der Waals surface area contributed by atoms with Crippen LogP contribution in [0.25, 0.3) is 11.2 Å². The molecule has 0 atom stereocenters. The first-order chi connectivity index (χ1) is 12.7. The fraction of sp³-hybridized carbons (Fsp3) is 0.167. The Morgan fingerprint density at radius 1 is 1.12 bits per heavy atom. The molecule has 0 saturated heterocycles. The summed E-state index contributed by atoms with van der Waals surface area (Å²) in [5, 5.41) is 12.5. The van der Waals surface area contributed by atoms with Crippen LogP contribution in [0.3, 0.4) is 0 Å². The number of aryl methyl sites for hydroxylation is 1. The summed E-state index contributed by atoms with van der Waals surface area (Å²) in [4.78, 5) is 13.1. The average Bonchev–Trinajstić information content (AvgIpc) is 3.05. The highest BCUT2D eigenvalue weighted by Crippen LogP contribution is 2.21. The molecule has 1 N–H and O–H groups in total. The van der Waals surface area contributed by atoms with Crippen molar-refractivity contribution in [2.45, 2.75) is 20.0 Å². The Morgan fingerprint density at radius 2 is 2.00 bits per heavy atom. The molecular weight excluding hydrogens is 350 g/mol. The van der Waals surface area contributed by atoms with Gasteiger partial charge >= 0.3 is 0 Å². The number of hydrogen-bond acceptors (Lipinski definition) is 6. The Balaban J connectivity index is 1.66. The summed E-state index contributed by atoms with van der Waals surface area (Å²) in [6, 6.07) is 11.6. The number of anilines is 1. The molecular formula is C18H16ClN7. The highest BCUT2D eigenvalue weighted by atomic mass is 35.5. The molecule has 0 spiro atoms. The van der Waals surface area contributed by atoms with Gasteiger partial charge in [0.25, 0.3) is 0 Å². The number of nitrogens with zero attached hydrogens (tertiary/aromatic N) is 6. The highest BCUT2D eigenvalue weighted by Gasteiger charge is 2.14. The number of benzene rings is 1. The third-order valence-corrected chi connectivity index (χ3v) is 4.30. The predicted octanol–water partition coefficient (Wildman–Crippen LogP) is 3.24. The van der Waals surface area contributed by atoms with Crippen molar-refractivity contribution in [3.05, 3.63) is 70.8 Å². The van der Waals surface area contributed by atoms with E-state index < -0.39 is 0 Å². The van der Waals surface area contributed by atoms with Crippen LogP contribution in [0.1, 0.15) is 17.0 Å². The zero-order valence-electron chi connectivity index (χ0n) is 14.1. The summed E-state index contributed by atoms with van der Waals surface area (Å²) < 4.78 is 1.74. The van der Waals surface area contributed by atoms with E-state index in [2.05, 4.69) is 30.6 Å². The fourth-order valence-corrected chi connectivity index (χ4v) is 2.87. The summed E-state index contributed by atoms with van der Waals surface area (Å²) in [6.07, 6.45) is 3.56. The summed E-state index contributed by atoms with van der Waals surface area (Å²) in [6.45, 7) is 2.94. The molecule has 0 bridgehead atoms. The molecule has 3 aromatic heterocycles. The van der Waals surface area contributed by atoms with Gasteiger partial charge < -0.3 is 5.32 Å². The standard InChI is InChI=1S/C18H16ClN7/c1-12-22-17(21-10-13-5-4-8-20-9-13)16-18(23-12)26(25-24-16)11-14-6-2-3-7-15(14)19/h2-9H,10-11H2,1H3,(H,21,22,23). The van der Waals surface area contributed by atoms with Crippen LogP contribution < -0.4 is 5.32 Å². The molecule has 8 heteroatoms. The topological polar surface area (TPSA) is 81.4 Å². The van der Waals surface area contributed by atoms with Crippen LogP contribution in [0.5, 0.6) is 0 Å². The molecule has 0 saturated carbocycles. The minimum Gasteiger partial charge on any atom is -0.364 e. The fourth-order valence-electron chi connectivity index (χ4n) is 2.67. The normalized spacial score (nSPS) is 11.0. The molecule has 0 radical (unpaired) electrons. The lowest BCUT2D eigenvalue weighted by Crippen LogP contribution is -2.07. The average molecular weight is 366 g/mol. The first kappa shape index (κ1) is 16.4. The Morgan fingerprint density at radius 3 is 2.81 bits per heavy atom. The van der Waals surface area contributed by atoms with Gasteiger partial charge in [0, 0.05) is 24.0 Å². The quantitative estimate of drug-likeness (QED) is 0.584. The number of aromatic nitrogens is 6. The zero-order chi connectivity index (χ0) is 17.9. The largest absolute Gasteiger partial charge is 0.364 e. The molecule has 0 unspecified atom stereocenters. The van der Waals surface area contributed by atoms with Gasteiger partial charge in [0.15, 0.2) is 17.0 Å². The second-order valence-corrected chi connectivity index (χ2v) is 6.25. The Bertz CT molecular complexity index is 1050. The van der Waals surface area contributed by atoms with Crippen LogP contribution in [-0.2, 0) is 13.1 Å². The summed E-state index contributed by atoms with van der Waals surface area (Å²) >= 11 is 6.26. The summed E-state index contributed by atoms with van der Waals surface area (Å²) in [5.41, 5.74) is 3.32. The van der Waals surface area contributed by atoms with E-state index in [9.17, 15) is 0 Å². The van der Waals surface area contributed by atoms with E-state index in [0.29, 0.717) is 40.9 Å². The monoisotopic (exact) mass is 365 g/mol. The van der Waals surface area contributed by atoms with Gasteiger partial charge in [-0.25, -0.2) is 14.6 Å². The van der Waals surface area contributed by atoms with Crippen LogP contribution in [-0.4, -0.2) is 29.9 Å². The molecule has 7 nitrogen and oxygen atoms in total. The van der Waals surface area contributed by atoms with Crippen molar-refractivity contribution in [1.82, 2.24) is 29.9 Å². The maximum absolute atomic E-state index is 6.26. The maximum Gasteiger partial charge on any atom is 0.184 e. The SMILES string of the molecule is Cc1nc(NCc2cccnc2)c2nnn(Cc3ccccc3Cl)c2n1. The molecule has 0 aliphatic heterocycles. The summed E-state index contributed by atoms with van der Waals surface area (Å²) in [5.74, 6) is 1.30. The molecule has 3 heterocycles. The minimum atomic E-state index is 0.495. The van der Waals surface area contributed by atoms with E-state index in [1.165, 1.54) is 0 Å². The van der Waals surface area contributed by atoms with Gasteiger partial charge in [-0.2, -0.15) is 0 Å². The van der Waals surface area contributed by atoms with Crippen molar-refractivity contribution in [1.29, 1.82) is 0 Å². The lowest BCUT2D eigenvalue weighted by molar-refractivity contribution is 0.663. The summed E-state index contributed by atoms with van der Waals surface area (Å²) in [7, 11) is 0. The van der Waals surface area contributed by atoms with Gasteiger partial charge in [-0.05, 0) is 30.2 Å². The molecule has 1 aromatic carbocycles. The van der Waals surface area contributed by atoms with Gasteiger partial charge in [-0.15, -0.1) is 5.10 Å². The van der Waals surface area contributed by atoms with Crippen LogP contribution in [0, 0.1) is 6.92 Å². The van der Waals surface area contributed by atoms with E-state index in [1.54, 1.807) is 10.9 Å². The van der Waals surface area contributed by atoms with E-state index in [0.717, 1.165) is 11.1 Å². The second kappa shape index (κ2) is 7.05. The molecule has 0 amide bonds. The van der Waals surface area contributed by atoms with E-state index in [4.69, 9.17) is 11.6 Å². The second-order valence-electron chi connectivity index (χ2n) is 5.84. The number of pyridine rings is 1. The third-order valence-electron chi connectivity index (χ3n) is 3.94. The van der Waals surface area contributed by atoms with Crippen molar-refractivity contribution in [2.75, 3.05) is 5.32 Å². The third kappa shape index (κ3) is 3.34. The molecule has 26 heavy (non-hydrogen) atoms. The Labute approximate surface area is 155 Å². The van der Waals surface area contributed by atoms with Gasteiger partial charge in [0.2, 0.25) is 0 Å². The molecule has 0 aliphatic rings. The van der Waals surface area contributed by atoms with Crippen molar-refractivity contribution in [3.8, 4) is 0 Å². The molecule has 130 valence electrons. The Hall–Kier alpha value is -3.06. The minimum absolute atomic E-state index is 0.495. The number of fused-ring (bicyclic) bond motifs is 1. The number of nitrogens with one attached hydrogen (secondary N) is 1. The molecule has 0 aliphatic carbocycles. The van der Waals surface area contributed by atoms with Crippen molar-refractivity contribution in [3.63, 3.8) is 0 Å². The predicted molar refractivity (Wildman–Crippen MR) is 100.0 cm³/mol. The van der Waals surface area contributed by atoms with Gasteiger partial charge in [0.1, 0.15) is 5.82 Å². The van der Waals surface area contributed by atoms with Crippen LogP contribution in [0.2, 0.25) is 5.02 Å². The zero-order valence-corrected chi connectivity index (χ0v) is 14.9. The van der Waals surface area contributed by atoms with Crippen LogP contribution >= 0.6 is 11.6 Å². The molecule has 0 fully saturated rings. The number of rotatable bonds is 5. The van der Waals surface area contributed by atoms with E-state index in [-0.39, 0.29) is 0 Å². The maximum atomic E-state index is 6.26. The van der Waals surface area contributed by atoms with Crippen molar-refractivity contribution >= 4 is 28.6 Å². The Kier molecular flexibility index (Phi) is 4.45. The smallest absolute Gasteiger partial charge is 0.184 e. The lowest BCUT2D eigenvalue weighted by atomic mass is 10.2. The van der Waals surface area contributed by atoms with Crippen LogP contribution in [0.4, 0.5) is 5.82 Å². The van der Waals surface area contributed by atoms with E-state index in [1.807, 2.05) is 49.5 Å². The van der Waals surface area contributed by atoms with Crippen molar-refractivity contribution < 1.29 is 0 Å². The lowest BCUT2D eigenvalue weighted by Gasteiger charge is -2.08. The van der Waals surface area contributed by atoms with Gasteiger partial charge in [-0.3, -0.25) is 4.98 Å². The highest BCUT2D eigenvalue weighted by molar-refractivity contribution is 6.31. The molecule has 4 rings (SSSR count). The molecule has 4 aromatic rings. The van der Waals surface area contributed by atoms with Crippen molar-refractivity contribution in [2.24, 2.45) is 0 Å². The van der Waals surface area contributed by atoms with Gasteiger partial charge in [0.05, 0.1) is 6.54 Å². The first-order valence-corrected chi connectivity index (χ1v) is 8.52. The first-order valence-electron chi connectivity index (χ1n) is 8.15. The van der Waals surface area contributed by atoms with E-state index >= 15 is 0 Å². The number of halogens is 1. The van der Waals surface area contributed by atoms with Crippen LogP contribution in [0.15, 0.2) is 48.8 Å². The van der Waals surface area contributed by atoms with Gasteiger partial charge in [-0.1, -0.05) is 41.1 Å².